The number of aryl methyl sites for hydroxylation is 1. The average Bonchev–Trinajstić information content (AvgIpc) is 2.73. The highest BCUT2D eigenvalue weighted by atomic mass is 32.2. The van der Waals surface area contributed by atoms with Crippen molar-refractivity contribution < 1.29 is 13.2 Å². The van der Waals surface area contributed by atoms with Crippen molar-refractivity contribution >= 4 is 21.6 Å². The van der Waals surface area contributed by atoms with E-state index in [1.165, 1.54) is 9.87 Å². The van der Waals surface area contributed by atoms with Crippen molar-refractivity contribution in [3.05, 3.63) is 59.7 Å². The van der Waals surface area contributed by atoms with Gasteiger partial charge in [-0.15, -0.1) is 0 Å². The number of nitrogens with zero attached hydrogens (tertiary/aromatic N) is 2. The highest BCUT2D eigenvalue weighted by Gasteiger charge is 2.27. The second-order valence-electron chi connectivity index (χ2n) is 8.18. The molecular formula is C23H31N3O3S. The Morgan fingerprint density at radius 2 is 1.57 bits per heavy atom. The summed E-state index contributed by atoms with van der Waals surface area (Å²) in [4.78, 5) is 14.7. The van der Waals surface area contributed by atoms with Gasteiger partial charge in [-0.25, -0.2) is 8.42 Å². The molecule has 0 aromatic heterocycles. The lowest BCUT2D eigenvalue weighted by Gasteiger charge is -2.31. The Morgan fingerprint density at radius 3 is 2.13 bits per heavy atom. The summed E-state index contributed by atoms with van der Waals surface area (Å²) in [6.45, 7) is 6.76. The van der Waals surface area contributed by atoms with Crippen LogP contribution in [0.4, 0.5) is 5.69 Å². The molecule has 6 nitrogen and oxygen atoms in total. The number of piperazine rings is 1. The first-order valence-corrected chi connectivity index (χ1v) is 11.9. The number of benzene rings is 2. The van der Waals surface area contributed by atoms with E-state index < -0.39 is 10.0 Å². The molecule has 30 heavy (non-hydrogen) atoms. The van der Waals surface area contributed by atoms with Crippen LogP contribution in [0, 0.1) is 0 Å². The number of hydrogen-bond donors (Lipinski definition) is 1. The molecule has 1 fully saturated rings. The molecule has 0 atom stereocenters. The van der Waals surface area contributed by atoms with Crippen molar-refractivity contribution in [2.45, 2.75) is 37.5 Å². The fourth-order valence-electron chi connectivity index (χ4n) is 3.44. The van der Waals surface area contributed by atoms with Crippen LogP contribution in [0.25, 0.3) is 0 Å². The molecule has 1 amide bonds. The molecule has 2 aromatic carbocycles. The van der Waals surface area contributed by atoms with E-state index in [0.29, 0.717) is 37.5 Å². The summed E-state index contributed by atoms with van der Waals surface area (Å²) < 4.78 is 27.1. The summed E-state index contributed by atoms with van der Waals surface area (Å²) in [6, 6.07) is 14.8. The van der Waals surface area contributed by atoms with Crippen LogP contribution in [0.3, 0.4) is 0 Å². The zero-order valence-electron chi connectivity index (χ0n) is 18.0. The van der Waals surface area contributed by atoms with Crippen molar-refractivity contribution in [1.82, 2.24) is 9.21 Å². The minimum atomic E-state index is -3.49. The molecule has 7 heteroatoms. The van der Waals surface area contributed by atoms with Crippen molar-refractivity contribution in [3.63, 3.8) is 0 Å². The Labute approximate surface area is 179 Å². The monoisotopic (exact) mass is 429 g/mol. The molecule has 1 aliphatic rings. The Balaban J connectivity index is 1.54. The molecule has 0 radical (unpaired) electrons. The number of carbonyl (C=O) groups is 1. The predicted octanol–water partition coefficient (Wildman–Crippen LogP) is 3.32. The summed E-state index contributed by atoms with van der Waals surface area (Å²) in [5.74, 6) is 0.406. The smallest absolute Gasteiger partial charge is 0.243 e. The normalized spacial score (nSPS) is 16.0. The molecule has 162 valence electrons. The number of amides is 1. The zero-order chi connectivity index (χ0) is 21.7. The van der Waals surface area contributed by atoms with E-state index in [2.05, 4.69) is 48.3 Å². The molecule has 0 saturated carbocycles. The molecule has 0 aliphatic carbocycles. The van der Waals surface area contributed by atoms with Crippen LogP contribution in [0.2, 0.25) is 0 Å². The lowest BCUT2D eigenvalue weighted by atomic mass is 10.0. The number of rotatable bonds is 7. The number of carbonyl (C=O) groups excluding carboxylic acids is 1. The minimum absolute atomic E-state index is 0.0855. The lowest BCUT2D eigenvalue weighted by Crippen LogP contribution is -2.46. The Bertz CT molecular complexity index is 946. The number of hydrogen-bond acceptors (Lipinski definition) is 4. The van der Waals surface area contributed by atoms with Crippen molar-refractivity contribution in [1.29, 1.82) is 0 Å². The molecule has 0 spiro atoms. The summed E-state index contributed by atoms with van der Waals surface area (Å²) in [6.07, 6.45) is 1.04. The third kappa shape index (κ3) is 5.68. The zero-order valence-corrected chi connectivity index (χ0v) is 18.8. The van der Waals surface area contributed by atoms with Gasteiger partial charge in [-0.2, -0.15) is 4.31 Å². The topological polar surface area (TPSA) is 69.7 Å². The predicted molar refractivity (Wildman–Crippen MR) is 120 cm³/mol. The van der Waals surface area contributed by atoms with Crippen LogP contribution in [-0.2, 0) is 21.2 Å². The van der Waals surface area contributed by atoms with Crippen LogP contribution in [0.5, 0.6) is 0 Å². The van der Waals surface area contributed by atoms with Gasteiger partial charge >= 0.3 is 0 Å². The fourth-order valence-corrected chi connectivity index (χ4v) is 4.86. The Hall–Kier alpha value is -2.22. The minimum Gasteiger partial charge on any atom is -0.326 e. The molecule has 0 bridgehead atoms. The summed E-state index contributed by atoms with van der Waals surface area (Å²) in [5.41, 5.74) is 3.02. The summed E-state index contributed by atoms with van der Waals surface area (Å²) in [5, 5.41) is 2.85. The molecule has 1 saturated heterocycles. The second kappa shape index (κ2) is 9.73. The van der Waals surface area contributed by atoms with Gasteiger partial charge < -0.3 is 10.2 Å². The number of sulfonamides is 1. The van der Waals surface area contributed by atoms with Gasteiger partial charge in [-0.3, -0.25) is 4.79 Å². The maximum Gasteiger partial charge on any atom is 0.243 e. The third-order valence-corrected chi connectivity index (χ3v) is 7.44. The first-order valence-electron chi connectivity index (χ1n) is 10.4. The van der Waals surface area contributed by atoms with Crippen LogP contribution < -0.4 is 5.32 Å². The first kappa shape index (κ1) is 22.5. The molecule has 0 unspecified atom stereocenters. The van der Waals surface area contributed by atoms with Gasteiger partial charge in [0.25, 0.3) is 0 Å². The maximum absolute atomic E-state index is 12.8. The van der Waals surface area contributed by atoms with Gasteiger partial charge in [0.15, 0.2) is 0 Å². The van der Waals surface area contributed by atoms with Gasteiger partial charge in [0.05, 0.1) is 4.90 Å². The van der Waals surface area contributed by atoms with Crippen LogP contribution in [0.15, 0.2) is 53.4 Å². The quantitative estimate of drug-likeness (QED) is 0.733. The van der Waals surface area contributed by atoms with E-state index in [0.717, 1.165) is 18.7 Å². The standard InChI is InChI=1S/C23H31N3O3S/c1-18(2)20-7-4-19(5-8-20)6-13-23(27)24-21-9-11-22(12-10-21)30(28,29)26-16-14-25(3)15-17-26/h4-5,7-12,18H,6,13-17H2,1-3H3,(H,24,27). The van der Waals surface area contributed by atoms with Gasteiger partial charge in [0, 0.05) is 38.3 Å². The van der Waals surface area contributed by atoms with E-state index >= 15 is 0 Å². The van der Waals surface area contributed by atoms with E-state index in [-0.39, 0.29) is 10.8 Å². The average molecular weight is 430 g/mol. The van der Waals surface area contributed by atoms with Crippen molar-refractivity contribution in [2.24, 2.45) is 0 Å². The molecular weight excluding hydrogens is 398 g/mol. The van der Waals surface area contributed by atoms with E-state index in [4.69, 9.17) is 0 Å². The molecule has 2 aromatic rings. The fraction of sp³-hybridized carbons (Fsp3) is 0.435. The van der Waals surface area contributed by atoms with Crippen LogP contribution >= 0.6 is 0 Å². The Kier molecular flexibility index (Phi) is 7.28. The maximum atomic E-state index is 12.8. The van der Waals surface area contributed by atoms with E-state index in [1.807, 2.05) is 7.05 Å². The van der Waals surface area contributed by atoms with Gasteiger partial charge in [-0.1, -0.05) is 38.1 Å². The van der Waals surface area contributed by atoms with Gasteiger partial charge in [0.1, 0.15) is 0 Å². The Morgan fingerprint density at radius 1 is 0.967 bits per heavy atom. The van der Waals surface area contributed by atoms with Crippen molar-refractivity contribution in [2.75, 3.05) is 38.5 Å². The van der Waals surface area contributed by atoms with Gasteiger partial charge in [-0.05, 0) is 54.8 Å². The van der Waals surface area contributed by atoms with Crippen LogP contribution in [0.1, 0.15) is 37.3 Å². The number of nitrogens with one attached hydrogen (secondary N) is 1. The van der Waals surface area contributed by atoms with Gasteiger partial charge in [0.2, 0.25) is 15.9 Å². The highest BCUT2D eigenvalue weighted by Crippen LogP contribution is 2.20. The van der Waals surface area contributed by atoms with E-state index in [9.17, 15) is 13.2 Å². The second-order valence-corrected chi connectivity index (χ2v) is 10.1. The number of likely N-dealkylation sites (N-methyl/N-ethyl adjacent to an activating group) is 1. The number of anilines is 1. The van der Waals surface area contributed by atoms with Crippen LogP contribution in [-0.4, -0.2) is 56.8 Å². The SMILES string of the molecule is CC(C)c1ccc(CCC(=O)Nc2ccc(S(=O)(=O)N3CCN(C)CC3)cc2)cc1. The third-order valence-electron chi connectivity index (χ3n) is 5.53. The molecule has 1 aliphatic heterocycles. The van der Waals surface area contributed by atoms with E-state index in [1.54, 1.807) is 24.3 Å². The summed E-state index contributed by atoms with van der Waals surface area (Å²) >= 11 is 0. The first-order chi connectivity index (χ1) is 14.3. The van der Waals surface area contributed by atoms with Crippen molar-refractivity contribution in [3.8, 4) is 0 Å². The molecule has 1 N–H and O–H groups in total. The molecule has 1 heterocycles. The lowest BCUT2D eigenvalue weighted by molar-refractivity contribution is -0.116. The summed E-state index contributed by atoms with van der Waals surface area (Å²) in [7, 11) is -1.50. The largest absolute Gasteiger partial charge is 0.326 e. The highest BCUT2D eigenvalue weighted by molar-refractivity contribution is 7.89. The molecule has 3 rings (SSSR count).